The van der Waals surface area contributed by atoms with E-state index in [0.717, 1.165) is 44.9 Å². The van der Waals surface area contributed by atoms with E-state index in [1.54, 1.807) is 6.08 Å². The van der Waals surface area contributed by atoms with Gasteiger partial charge in [0.05, 0.1) is 18.8 Å². The molecule has 0 heterocycles. The molecule has 2 unspecified atom stereocenters. The Labute approximate surface area is 286 Å². The van der Waals surface area contributed by atoms with Crippen LogP contribution in [0.2, 0.25) is 0 Å². The summed E-state index contributed by atoms with van der Waals surface area (Å²) in [6.45, 7) is 4.25. The van der Waals surface area contributed by atoms with Crippen molar-refractivity contribution in [3.05, 3.63) is 48.6 Å². The number of rotatable bonds is 35. The van der Waals surface area contributed by atoms with Crippen molar-refractivity contribution in [1.82, 2.24) is 5.32 Å². The molecule has 2 atom stereocenters. The van der Waals surface area contributed by atoms with Gasteiger partial charge in [0.1, 0.15) is 0 Å². The summed E-state index contributed by atoms with van der Waals surface area (Å²) in [5, 5.41) is 22.9. The first-order valence-corrected chi connectivity index (χ1v) is 19.9. The Kier molecular flexibility index (Phi) is 36.4. The van der Waals surface area contributed by atoms with Crippen LogP contribution >= 0.6 is 0 Å². The monoisotopic (exact) mass is 644 g/mol. The van der Waals surface area contributed by atoms with Crippen LogP contribution in [0.15, 0.2) is 48.6 Å². The zero-order valence-corrected chi connectivity index (χ0v) is 30.6. The normalized spacial score (nSPS) is 13.6. The molecule has 0 aromatic heterocycles. The van der Waals surface area contributed by atoms with Crippen molar-refractivity contribution >= 4 is 5.91 Å². The Morgan fingerprint density at radius 1 is 0.522 bits per heavy atom. The standard InChI is InChI=1S/C42H77NO3/c1-3-5-7-9-11-13-15-17-19-20-21-22-24-25-27-29-31-33-35-37-41(45)40(39-44)43-42(46)38-36-34-32-30-28-26-23-18-16-14-12-10-8-6-4-2/h12,14,16,18,27,29,35,37,40-41,44-45H,3-11,13,15,17,19-26,28,30-34,36,38-39H2,1-2H3,(H,43,46)/b14-12-,18-16-,29-27+,37-35+. The Hall–Kier alpha value is -1.65. The summed E-state index contributed by atoms with van der Waals surface area (Å²) in [5.41, 5.74) is 0. The van der Waals surface area contributed by atoms with Crippen LogP contribution in [0.4, 0.5) is 0 Å². The van der Waals surface area contributed by atoms with Gasteiger partial charge >= 0.3 is 0 Å². The maximum Gasteiger partial charge on any atom is 0.220 e. The highest BCUT2D eigenvalue weighted by Crippen LogP contribution is 2.13. The number of unbranched alkanes of at least 4 members (excludes halogenated alkanes) is 23. The van der Waals surface area contributed by atoms with E-state index >= 15 is 0 Å². The van der Waals surface area contributed by atoms with Crippen molar-refractivity contribution in [1.29, 1.82) is 0 Å². The number of carbonyl (C=O) groups is 1. The van der Waals surface area contributed by atoms with Crippen LogP contribution in [0.3, 0.4) is 0 Å². The van der Waals surface area contributed by atoms with Crippen LogP contribution < -0.4 is 5.32 Å². The zero-order valence-electron chi connectivity index (χ0n) is 30.6. The molecule has 268 valence electrons. The van der Waals surface area contributed by atoms with Gasteiger partial charge in [-0.05, 0) is 57.8 Å². The van der Waals surface area contributed by atoms with E-state index in [9.17, 15) is 15.0 Å². The van der Waals surface area contributed by atoms with Crippen LogP contribution in [0, 0.1) is 0 Å². The average Bonchev–Trinajstić information content (AvgIpc) is 3.06. The van der Waals surface area contributed by atoms with Crippen LogP contribution in [0.25, 0.3) is 0 Å². The van der Waals surface area contributed by atoms with Crippen LogP contribution in [-0.4, -0.2) is 34.9 Å². The van der Waals surface area contributed by atoms with Gasteiger partial charge in [-0.15, -0.1) is 0 Å². The Morgan fingerprint density at radius 3 is 1.43 bits per heavy atom. The molecule has 4 nitrogen and oxygen atoms in total. The van der Waals surface area contributed by atoms with Crippen molar-refractivity contribution < 1.29 is 15.0 Å². The van der Waals surface area contributed by atoms with Crippen molar-refractivity contribution in [2.24, 2.45) is 0 Å². The van der Waals surface area contributed by atoms with Crippen molar-refractivity contribution in [3.63, 3.8) is 0 Å². The minimum absolute atomic E-state index is 0.0875. The molecule has 0 rings (SSSR count). The number of hydrogen-bond acceptors (Lipinski definition) is 3. The first-order chi connectivity index (χ1) is 22.7. The van der Waals surface area contributed by atoms with Crippen LogP contribution in [-0.2, 0) is 4.79 Å². The quantitative estimate of drug-likeness (QED) is 0.0365. The third kappa shape index (κ3) is 33.7. The minimum atomic E-state index is -0.866. The fourth-order valence-electron chi connectivity index (χ4n) is 5.71. The highest BCUT2D eigenvalue weighted by Gasteiger charge is 2.17. The van der Waals surface area contributed by atoms with Gasteiger partial charge in [-0.1, -0.05) is 178 Å². The average molecular weight is 644 g/mol. The highest BCUT2D eigenvalue weighted by molar-refractivity contribution is 5.76. The molecule has 0 saturated carbocycles. The van der Waals surface area contributed by atoms with E-state index in [1.165, 1.54) is 128 Å². The lowest BCUT2D eigenvalue weighted by Crippen LogP contribution is -2.45. The van der Waals surface area contributed by atoms with Crippen molar-refractivity contribution in [2.45, 2.75) is 206 Å². The van der Waals surface area contributed by atoms with Gasteiger partial charge in [0.25, 0.3) is 0 Å². The summed E-state index contributed by atoms with van der Waals surface area (Å²) in [5.74, 6) is -0.0875. The van der Waals surface area contributed by atoms with E-state index < -0.39 is 12.1 Å². The Bertz CT molecular complexity index is 741. The van der Waals surface area contributed by atoms with Gasteiger partial charge in [-0.25, -0.2) is 0 Å². The molecule has 4 heteroatoms. The van der Waals surface area contributed by atoms with Crippen molar-refractivity contribution in [2.75, 3.05) is 6.61 Å². The molecule has 0 saturated heterocycles. The van der Waals surface area contributed by atoms with Crippen LogP contribution in [0.1, 0.15) is 194 Å². The second-order valence-corrected chi connectivity index (χ2v) is 13.4. The Morgan fingerprint density at radius 2 is 0.913 bits per heavy atom. The molecule has 0 aromatic rings. The number of carbonyl (C=O) groups excluding carboxylic acids is 1. The first kappa shape index (κ1) is 44.4. The molecule has 0 aromatic carbocycles. The number of amides is 1. The highest BCUT2D eigenvalue weighted by atomic mass is 16.3. The summed E-state index contributed by atoms with van der Waals surface area (Å²) in [6.07, 6.45) is 50.6. The molecule has 0 bridgehead atoms. The summed E-state index contributed by atoms with van der Waals surface area (Å²) in [6, 6.07) is -0.644. The summed E-state index contributed by atoms with van der Waals surface area (Å²) >= 11 is 0. The predicted octanol–water partition coefficient (Wildman–Crippen LogP) is 12.0. The molecular weight excluding hydrogens is 566 g/mol. The van der Waals surface area contributed by atoms with Gasteiger partial charge in [0, 0.05) is 6.42 Å². The van der Waals surface area contributed by atoms with Gasteiger partial charge in [0.2, 0.25) is 5.91 Å². The number of hydrogen-bond donors (Lipinski definition) is 3. The molecule has 46 heavy (non-hydrogen) atoms. The largest absolute Gasteiger partial charge is 0.394 e. The second kappa shape index (κ2) is 37.8. The van der Waals surface area contributed by atoms with Gasteiger partial charge < -0.3 is 15.5 Å². The lowest BCUT2D eigenvalue weighted by atomic mass is 10.0. The molecule has 0 fully saturated rings. The molecule has 3 N–H and O–H groups in total. The van der Waals surface area contributed by atoms with Gasteiger partial charge in [-0.3, -0.25) is 4.79 Å². The molecule has 0 aliphatic carbocycles. The van der Waals surface area contributed by atoms with E-state index in [-0.39, 0.29) is 12.5 Å². The topological polar surface area (TPSA) is 69.6 Å². The first-order valence-electron chi connectivity index (χ1n) is 19.9. The van der Waals surface area contributed by atoms with Gasteiger partial charge in [-0.2, -0.15) is 0 Å². The minimum Gasteiger partial charge on any atom is -0.394 e. The van der Waals surface area contributed by atoms with E-state index in [4.69, 9.17) is 0 Å². The number of aliphatic hydroxyl groups is 2. The molecule has 0 aliphatic heterocycles. The smallest absolute Gasteiger partial charge is 0.220 e. The van der Waals surface area contributed by atoms with Gasteiger partial charge in [0.15, 0.2) is 0 Å². The maximum atomic E-state index is 12.3. The van der Waals surface area contributed by atoms with E-state index in [2.05, 4.69) is 55.6 Å². The molecular formula is C42H77NO3. The Balaban J connectivity index is 3.68. The number of nitrogens with one attached hydrogen (secondary N) is 1. The summed E-state index contributed by atoms with van der Waals surface area (Å²) in [4.78, 5) is 12.3. The van der Waals surface area contributed by atoms with Crippen molar-refractivity contribution in [3.8, 4) is 0 Å². The summed E-state index contributed by atoms with van der Waals surface area (Å²) < 4.78 is 0. The van der Waals surface area contributed by atoms with Crippen LogP contribution in [0.5, 0.6) is 0 Å². The molecule has 1 amide bonds. The third-order valence-corrected chi connectivity index (χ3v) is 8.81. The number of allylic oxidation sites excluding steroid dienone is 7. The maximum absolute atomic E-state index is 12.3. The fraction of sp³-hybridized carbons (Fsp3) is 0.786. The van der Waals surface area contributed by atoms with E-state index in [0.29, 0.717) is 6.42 Å². The molecule has 0 radical (unpaired) electrons. The zero-order chi connectivity index (χ0) is 33.6. The molecule has 0 aliphatic rings. The lowest BCUT2D eigenvalue weighted by Gasteiger charge is -2.19. The fourth-order valence-corrected chi connectivity index (χ4v) is 5.71. The summed E-state index contributed by atoms with van der Waals surface area (Å²) in [7, 11) is 0. The second-order valence-electron chi connectivity index (χ2n) is 13.4. The number of aliphatic hydroxyl groups excluding tert-OH is 2. The predicted molar refractivity (Wildman–Crippen MR) is 202 cm³/mol. The molecule has 0 spiro atoms. The SMILES string of the molecule is CCCCC/C=C\C=C/CCCCCCCCC(=O)NC(CO)C(O)/C=C/CC/C=C/CCCCCCCCCCCCCCC. The van der Waals surface area contributed by atoms with E-state index in [1.807, 2.05) is 6.08 Å². The lowest BCUT2D eigenvalue weighted by molar-refractivity contribution is -0.123. The third-order valence-electron chi connectivity index (χ3n) is 8.81.